The van der Waals surface area contributed by atoms with Crippen LogP contribution in [0.25, 0.3) is 72.0 Å². The zero-order chi connectivity index (χ0) is 36.2. The van der Waals surface area contributed by atoms with E-state index in [4.69, 9.17) is 0 Å². The zero-order valence-electron chi connectivity index (χ0n) is 28.9. The summed E-state index contributed by atoms with van der Waals surface area (Å²) < 4.78 is 2.18. The summed E-state index contributed by atoms with van der Waals surface area (Å²) in [5, 5.41) is 2.06. The van der Waals surface area contributed by atoms with Gasteiger partial charge in [0.25, 0.3) is 11.8 Å². The molecule has 6 nitrogen and oxygen atoms in total. The van der Waals surface area contributed by atoms with Gasteiger partial charge in [0.05, 0.1) is 33.5 Å². The van der Waals surface area contributed by atoms with Gasteiger partial charge in [0.15, 0.2) is 0 Å². The van der Waals surface area contributed by atoms with Gasteiger partial charge in [-0.2, -0.15) is 0 Å². The molecule has 2 amide bonds. The first kappa shape index (κ1) is 31.3. The van der Waals surface area contributed by atoms with Gasteiger partial charge in [-0.05, 0) is 70.3 Å². The van der Waals surface area contributed by atoms with Crippen molar-refractivity contribution in [1.29, 1.82) is 0 Å². The van der Waals surface area contributed by atoms with Gasteiger partial charge in [0.2, 0.25) is 0 Å². The van der Waals surface area contributed by atoms with Crippen molar-refractivity contribution < 1.29 is 9.59 Å². The number of pyridine rings is 2. The second kappa shape index (κ2) is 12.7. The first-order valence-electron chi connectivity index (χ1n) is 17.8. The molecule has 0 saturated heterocycles. The SMILES string of the molecule is O=C1c2cccc(-n3c4c(-c5ccncc5)cccc4c4cccc(-c5ccncc5)c43)c2C(=O)N1c1cc(-c2ccccc2)ccc1-c1ccccc1. The molecule has 10 rings (SSSR count). The molecule has 0 N–H and O–H groups in total. The van der Waals surface area contributed by atoms with Crippen LogP contribution < -0.4 is 4.90 Å². The Bertz CT molecular complexity index is 2810. The lowest BCUT2D eigenvalue weighted by Gasteiger charge is -2.20. The van der Waals surface area contributed by atoms with Gasteiger partial charge in [-0.3, -0.25) is 19.6 Å². The highest BCUT2D eigenvalue weighted by molar-refractivity contribution is 6.36. The van der Waals surface area contributed by atoms with Crippen LogP contribution in [0.3, 0.4) is 0 Å². The summed E-state index contributed by atoms with van der Waals surface area (Å²) in [5.41, 5.74) is 11.3. The van der Waals surface area contributed by atoms with Crippen LogP contribution in [0.5, 0.6) is 0 Å². The molecule has 1 aliphatic rings. The third-order valence-corrected chi connectivity index (χ3v) is 10.4. The Hall–Kier alpha value is -7.44. The number of fused-ring (bicyclic) bond motifs is 4. The number of aromatic nitrogens is 3. The van der Waals surface area contributed by atoms with Crippen molar-refractivity contribution in [3.63, 3.8) is 0 Å². The van der Waals surface area contributed by atoms with E-state index in [0.717, 1.165) is 66.3 Å². The molecule has 254 valence electrons. The van der Waals surface area contributed by atoms with Crippen LogP contribution in [0, 0.1) is 0 Å². The number of carbonyl (C=O) groups excluding carboxylic acids is 2. The minimum atomic E-state index is -0.370. The van der Waals surface area contributed by atoms with Crippen molar-refractivity contribution in [1.82, 2.24) is 14.5 Å². The van der Waals surface area contributed by atoms with E-state index in [1.165, 1.54) is 4.90 Å². The maximum absolute atomic E-state index is 15.2. The maximum Gasteiger partial charge on any atom is 0.268 e. The minimum Gasteiger partial charge on any atom is -0.307 e. The Morgan fingerprint density at radius 2 is 0.889 bits per heavy atom. The number of hydrogen-bond acceptors (Lipinski definition) is 4. The van der Waals surface area contributed by atoms with Crippen molar-refractivity contribution in [3.8, 4) is 50.2 Å². The van der Waals surface area contributed by atoms with E-state index in [1.54, 1.807) is 30.9 Å². The molecule has 0 radical (unpaired) electrons. The fraction of sp³-hybridized carbons (Fsp3) is 0. The number of hydrogen-bond donors (Lipinski definition) is 0. The predicted molar refractivity (Wildman–Crippen MR) is 216 cm³/mol. The monoisotopic (exact) mass is 694 g/mol. The second-order valence-electron chi connectivity index (χ2n) is 13.3. The molecule has 0 unspecified atom stereocenters. The van der Waals surface area contributed by atoms with Crippen LogP contribution in [0.4, 0.5) is 5.69 Å². The molecule has 6 aromatic carbocycles. The average Bonchev–Trinajstić information content (AvgIpc) is 3.72. The number of imide groups is 1. The quantitative estimate of drug-likeness (QED) is 0.163. The van der Waals surface area contributed by atoms with Crippen LogP contribution in [0.1, 0.15) is 20.7 Å². The molecular formula is C48H30N4O2. The Balaban J connectivity index is 1.26. The second-order valence-corrected chi connectivity index (χ2v) is 13.3. The van der Waals surface area contributed by atoms with Gasteiger partial charge in [-0.15, -0.1) is 0 Å². The van der Waals surface area contributed by atoms with Crippen molar-refractivity contribution in [2.45, 2.75) is 0 Å². The summed E-state index contributed by atoms with van der Waals surface area (Å²) >= 11 is 0. The number of rotatable bonds is 6. The molecule has 0 aliphatic carbocycles. The lowest BCUT2D eigenvalue weighted by molar-refractivity contribution is 0.0926. The van der Waals surface area contributed by atoms with Crippen molar-refractivity contribution in [3.05, 3.63) is 194 Å². The molecule has 0 spiro atoms. The molecule has 9 aromatic rings. The number of carbonyl (C=O) groups is 2. The van der Waals surface area contributed by atoms with Gasteiger partial charge >= 0.3 is 0 Å². The highest BCUT2D eigenvalue weighted by Gasteiger charge is 2.41. The minimum absolute atomic E-state index is 0.358. The van der Waals surface area contributed by atoms with Crippen molar-refractivity contribution in [2.75, 3.05) is 4.90 Å². The third-order valence-electron chi connectivity index (χ3n) is 10.4. The fourth-order valence-electron chi connectivity index (χ4n) is 7.95. The molecular weight excluding hydrogens is 665 g/mol. The molecule has 0 bridgehead atoms. The van der Waals surface area contributed by atoms with Gasteiger partial charge in [0.1, 0.15) is 0 Å². The van der Waals surface area contributed by atoms with Crippen LogP contribution in [0.2, 0.25) is 0 Å². The largest absolute Gasteiger partial charge is 0.307 e. The van der Waals surface area contributed by atoms with E-state index in [9.17, 15) is 4.79 Å². The summed E-state index contributed by atoms with van der Waals surface area (Å²) in [5.74, 6) is -0.727. The summed E-state index contributed by atoms with van der Waals surface area (Å²) in [4.78, 5) is 39.9. The molecule has 6 heteroatoms. The van der Waals surface area contributed by atoms with Gasteiger partial charge in [-0.1, -0.05) is 115 Å². The van der Waals surface area contributed by atoms with Gasteiger partial charge < -0.3 is 4.57 Å². The van der Waals surface area contributed by atoms with E-state index >= 15 is 4.79 Å². The molecule has 0 saturated carbocycles. The third kappa shape index (κ3) is 4.89. The lowest BCUT2D eigenvalue weighted by Crippen LogP contribution is -2.30. The van der Waals surface area contributed by atoms with Crippen LogP contribution >= 0.6 is 0 Å². The Morgan fingerprint density at radius 1 is 0.370 bits per heavy atom. The standard InChI is InChI=1S/C48H30N4O2/c53-47-41-18-9-19-42(44(41)48(54)52(47)43-30-35(31-10-3-1-4-11-31)20-21-36(43)32-12-5-2-6-13-32)51-45-37(33-22-26-49-27-23-33)14-7-16-39(45)40-17-8-15-38(46(40)51)34-24-28-50-29-25-34/h1-30H. The maximum atomic E-state index is 15.2. The highest BCUT2D eigenvalue weighted by atomic mass is 16.2. The molecule has 0 fully saturated rings. The number of benzene rings is 6. The number of nitrogens with zero attached hydrogens (tertiary/aromatic N) is 4. The van der Waals surface area contributed by atoms with Crippen LogP contribution in [0.15, 0.2) is 183 Å². The van der Waals surface area contributed by atoms with E-state index in [1.807, 2.05) is 115 Å². The fourth-order valence-corrected chi connectivity index (χ4v) is 7.95. The Morgan fingerprint density at radius 3 is 1.48 bits per heavy atom. The summed E-state index contributed by atoms with van der Waals surface area (Å²) in [6, 6.07) is 52.1. The summed E-state index contributed by atoms with van der Waals surface area (Å²) in [7, 11) is 0. The molecule has 4 heterocycles. The number of para-hydroxylation sites is 2. The van der Waals surface area contributed by atoms with E-state index in [-0.39, 0.29) is 11.8 Å². The van der Waals surface area contributed by atoms with E-state index in [0.29, 0.717) is 22.5 Å². The van der Waals surface area contributed by atoms with Gasteiger partial charge in [-0.25, -0.2) is 4.90 Å². The van der Waals surface area contributed by atoms with E-state index < -0.39 is 0 Å². The topological polar surface area (TPSA) is 68.1 Å². The van der Waals surface area contributed by atoms with E-state index in [2.05, 4.69) is 50.9 Å². The molecule has 54 heavy (non-hydrogen) atoms. The molecule has 3 aromatic heterocycles. The normalized spacial score (nSPS) is 12.5. The highest BCUT2D eigenvalue weighted by Crippen LogP contribution is 2.45. The average molecular weight is 695 g/mol. The smallest absolute Gasteiger partial charge is 0.268 e. The lowest BCUT2D eigenvalue weighted by atomic mass is 9.97. The number of anilines is 1. The van der Waals surface area contributed by atoms with Crippen molar-refractivity contribution in [2.24, 2.45) is 0 Å². The molecule has 0 atom stereocenters. The first-order chi connectivity index (χ1) is 26.7. The predicted octanol–water partition coefficient (Wildman–Crippen LogP) is 11.0. The number of amides is 2. The van der Waals surface area contributed by atoms with Gasteiger partial charge in [0, 0.05) is 52.3 Å². The van der Waals surface area contributed by atoms with Crippen molar-refractivity contribution >= 4 is 39.3 Å². The summed E-state index contributed by atoms with van der Waals surface area (Å²) in [6.45, 7) is 0. The van der Waals surface area contributed by atoms with Crippen LogP contribution in [-0.2, 0) is 0 Å². The Kier molecular flexibility index (Phi) is 7.34. The van der Waals surface area contributed by atoms with Crippen LogP contribution in [-0.4, -0.2) is 26.3 Å². The first-order valence-corrected chi connectivity index (χ1v) is 17.8. The Labute approximate surface area is 311 Å². The molecule has 1 aliphatic heterocycles. The summed E-state index contributed by atoms with van der Waals surface area (Å²) in [6.07, 6.45) is 7.16. The zero-order valence-corrected chi connectivity index (χ0v) is 28.9.